The summed E-state index contributed by atoms with van der Waals surface area (Å²) in [4.78, 5) is 35.7. The molecule has 0 bridgehead atoms. The van der Waals surface area contributed by atoms with Crippen LogP contribution in [0.1, 0.15) is 16.8 Å². The lowest BCUT2D eigenvalue weighted by atomic mass is 10.1. The van der Waals surface area contributed by atoms with Gasteiger partial charge in [0, 0.05) is 23.4 Å². The number of benzene rings is 2. The molecule has 9 nitrogen and oxygen atoms in total. The minimum atomic E-state index is -3.79. The maximum atomic E-state index is 13.2. The van der Waals surface area contributed by atoms with Crippen LogP contribution in [0.4, 0.5) is 20.2 Å². The van der Waals surface area contributed by atoms with Gasteiger partial charge in [0.15, 0.2) is 11.5 Å². The van der Waals surface area contributed by atoms with Crippen molar-refractivity contribution in [3.05, 3.63) is 57.1 Å². The summed E-state index contributed by atoms with van der Waals surface area (Å²) in [6.45, 7) is 0. The standard InChI is InChI=1S/C19H16ClF2N3O6S/c1-32-7-6-13(24-17(26)10-2-4-12(20)14(8-10)25(28)29)18(27)23-11-3-5-15-16(9-11)31-19(21,22)30-15/h2-5,8-9,13H,6-7H2,1H3,(H,23,27)(H,24,26). The lowest BCUT2D eigenvalue weighted by Gasteiger charge is -2.18. The van der Waals surface area contributed by atoms with E-state index in [9.17, 15) is 28.5 Å². The number of hydrogen-bond donors (Lipinski definition) is 2. The maximum absolute atomic E-state index is 13.2. The molecule has 0 aromatic heterocycles. The Morgan fingerprint density at radius 2 is 1.94 bits per heavy atom. The number of carbonyl (C=O) groups is 2. The number of halogens is 3. The molecule has 2 N–H and O–H groups in total. The zero-order valence-electron chi connectivity index (χ0n) is 16.4. The number of nitro groups is 1. The summed E-state index contributed by atoms with van der Waals surface area (Å²) < 4.78 is 35.0. The molecule has 1 unspecified atom stereocenters. The Balaban J connectivity index is 1.74. The fraction of sp³-hybridized carbons (Fsp3) is 0.263. The van der Waals surface area contributed by atoms with Crippen molar-refractivity contribution in [1.82, 2.24) is 5.32 Å². The number of amides is 2. The molecule has 0 saturated heterocycles. The third-order valence-corrected chi connectivity index (χ3v) is 5.27. The number of nitrogens with zero attached hydrogens (tertiary/aromatic N) is 1. The van der Waals surface area contributed by atoms with Gasteiger partial charge in [-0.15, -0.1) is 8.78 Å². The van der Waals surface area contributed by atoms with E-state index >= 15 is 0 Å². The predicted molar refractivity (Wildman–Crippen MR) is 114 cm³/mol. The molecular formula is C19H16ClF2N3O6S. The smallest absolute Gasteiger partial charge is 0.395 e. The lowest BCUT2D eigenvalue weighted by Crippen LogP contribution is -2.44. The highest BCUT2D eigenvalue weighted by Crippen LogP contribution is 2.42. The van der Waals surface area contributed by atoms with Gasteiger partial charge in [0.25, 0.3) is 11.6 Å². The van der Waals surface area contributed by atoms with Crippen LogP contribution in [0.3, 0.4) is 0 Å². The summed E-state index contributed by atoms with van der Waals surface area (Å²) in [5, 5.41) is 16.0. The van der Waals surface area contributed by atoms with Gasteiger partial charge in [-0.1, -0.05) is 11.6 Å². The number of hydrogen-bond acceptors (Lipinski definition) is 7. The van der Waals surface area contributed by atoms with Crippen LogP contribution in [0, 0.1) is 10.1 Å². The van der Waals surface area contributed by atoms with Crippen molar-refractivity contribution in [1.29, 1.82) is 0 Å². The van der Waals surface area contributed by atoms with Crippen LogP contribution in [0.2, 0.25) is 5.02 Å². The Morgan fingerprint density at radius 1 is 1.22 bits per heavy atom. The van der Waals surface area contributed by atoms with Crippen molar-refractivity contribution >= 4 is 46.6 Å². The molecular weight excluding hydrogens is 472 g/mol. The Bertz CT molecular complexity index is 1070. The molecule has 2 amide bonds. The van der Waals surface area contributed by atoms with E-state index < -0.39 is 34.8 Å². The molecule has 1 atom stereocenters. The summed E-state index contributed by atoms with van der Waals surface area (Å²) in [5.74, 6) is -1.22. The van der Waals surface area contributed by atoms with E-state index in [2.05, 4.69) is 20.1 Å². The highest BCUT2D eigenvalue weighted by Gasteiger charge is 2.43. The van der Waals surface area contributed by atoms with Crippen molar-refractivity contribution in [2.45, 2.75) is 18.8 Å². The number of nitro benzene ring substituents is 1. The molecule has 32 heavy (non-hydrogen) atoms. The second-order valence-electron chi connectivity index (χ2n) is 6.55. The third-order valence-electron chi connectivity index (χ3n) is 4.31. The van der Waals surface area contributed by atoms with Crippen molar-refractivity contribution in [3.8, 4) is 11.5 Å². The summed E-state index contributed by atoms with van der Waals surface area (Å²) in [6, 6.07) is 6.26. The highest BCUT2D eigenvalue weighted by molar-refractivity contribution is 7.98. The number of nitrogens with one attached hydrogen (secondary N) is 2. The summed E-state index contributed by atoms with van der Waals surface area (Å²) in [7, 11) is 0. The van der Waals surface area contributed by atoms with E-state index in [1.807, 2.05) is 6.26 Å². The highest BCUT2D eigenvalue weighted by atomic mass is 35.5. The van der Waals surface area contributed by atoms with Crippen LogP contribution in [-0.4, -0.2) is 41.1 Å². The molecule has 2 aromatic rings. The molecule has 170 valence electrons. The SMILES string of the molecule is CSCCC(NC(=O)c1ccc(Cl)c([N+](=O)[O-])c1)C(=O)Nc1ccc2c(c1)OC(F)(F)O2. The minimum absolute atomic E-state index is 0.0478. The quantitative estimate of drug-likeness (QED) is 0.425. The van der Waals surface area contributed by atoms with Crippen LogP contribution < -0.4 is 20.1 Å². The van der Waals surface area contributed by atoms with Crippen LogP contribution in [0.25, 0.3) is 0 Å². The predicted octanol–water partition coefficient (Wildman–Crippen LogP) is 4.06. The van der Waals surface area contributed by atoms with Crippen molar-refractivity contribution in [3.63, 3.8) is 0 Å². The van der Waals surface area contributed by atoms with Crippen LogP contribution in [0.15, 0.2) is 36.4 Å². The van der Waals surface area contributed by atoms with Gasteiger partial charge >= 0.3 is 6.29 Å². The molecule has 0 aliphatic carbocycles. The average Bonchev–Trinajstić information content (AvgIpc) is 3.03. The van der Waals surface area contributed by atoms with E-state index in [-0.39, 0.29) is 34.2 Å². The molecule has 1 aliphatic rings. The number of ether oxygens (including phenoxy) is 2. The second-order valence-corrected chi connectivity index (χ2v) is 7.94. The zero-order chi connectivity index (χ0) is 23.5. The van der Waals surface area contributed by atoms with Gasteiger partial charge in [0.05, 0.1) is 4.92 Å². The monoisotopic (exact) mass is 487 g/mol. The fourth-order valence-electron chi connectivity index (χ4n) is 2.80. The van der Waals surface area contributed by atoms with E-state index in [1.165, 1.54) is 42.1 Å². The number of carbonyl (C=O) groups excluding carboxylic acids is 2. The summed E-state index contributed by atoms with van der Waals surface area (Å²) in [5.41, 5.74) is -0.337. The fourth-order valence-corrected chi connectivity index (χ4v) is 3.45. The largest absolute Gasteiger partial charge is 0.586 e. The molecule has 13 heteroatoms. The molecule has 0 fully saturated rings. The summed E-state index contributed by atoms with van der Waals surface area (Å²) >= 11 is 7.21. The number of thioether (sulfide) groups is 1. The first-order valence-electron chi connectivity index (χ1n) is 9.04. The topological polar surface area (TPSA) is 120 Å². The van der Waals surface area contributed by atoms with Crippen molar-refractivity contribution < 1.29 is 32.8 Å². The molecule has 2 aromatic carbocycles. The Morgan fingerprint density at radius 3 is 2.62 bits per heavy atom. The first-order valence-corrected chi connectivity index (χ1v) is 10.8. The van der Waals surface area contributed by atoms with Crippen LogP contribution in [0.5, 0.6) is 11.5 Å². The summed E-state index contributed by atoms with van der Waals surface area (Å²) in [6.07, 6.45) is -1.73. The molecule has 3 rings (SSSR count). The number of anilines is 1. The van der Waals surface area contributed by atoms with E-state index in [0.29, 0.717) is 5.75 Å². The van der Waals surface area contributed by atoms with E-state index in [4.69, 9.17) is 11.6 Å². The molecule has 0 radical (unpaired) electrons. The molecule has 0 spiro atoms. The number of alkyl halides is 2. The number of rotatable bonds is 8. The normalized spacial score (nSPS) is 14.5. The van der Waals surface area contributed by atoms with E-state index in [1.54, 1.807) is 0 Å². The maximum Gasteiger partial charge on any atom is 0.586 e. The third kappa shape index (κ3) is 5.56. The Kier molecular flexibility index (Phi) is 7.04. The average molecular weight is 488 g/mol. The van der Waals surface area contributed by atoms with Gasteiger partial charge in [0.1, 0.15) is 11.1 Å². The first-order chi connectivity index (χ1) is 15.1. The van der Waals surface area contributed by atoms with Gasteiger partial charge in [-0.3, -0.25) is 19.7 Å². The van der Waals surface area contributed by atoms with Crippen LogP contribution >= 0.6 is 23.4 Å². The van der Waals surface area contributed by atoms with Gasteiger partial charge in [-0.25, -0.2) is 0 Å². The van der Waals surface area contributed by atoms with Crippen molar-refractivity contribution in [2.75, 3.05) is 17.3 Å². The van der Waals surface area contributed by atoms with E-state index in [0.717, 1.165) is 6.07 Å². The van der Waals surface area contributed by atoms with Gasteiger partial charge in [-0.2, -0.15) is 11.8 Å². The van der Waals surface area contributed by atoms with Gasteiger partial charge in [-0.05, 0) is 42.7 Å². The number of fused-ring (bicyclic) bond motifs is 1. The van der Waals surface area contributed by atoms with Crippen LogP contribution in [-0.2, 0) is 4.79 Å². The Hall–Kier alpha value is -3.12. The van der Waals surface area contributed by atoms with Gasteiger partial charge < -0.3 is 20.1 Å². The lowest BCUT2D eigenvalue weighted by molar-refractivity contribution is -0.384. The minimum Gasteiger partial charge on any atom is -0.395 e. The zero-order valence-corrected chi connectivity index (χ0v) is 18.0. The first kappa shape index (κ1) is 23.5. The molecule has 0 saturated carbocycles. The second kappa shape index (κ2) is 9.57. The molecule has 1 heterocycles. The van der Waals surface area contributed by atoms with Gasteiger partial charge in [0.2, 0.25) is 5.91 Å². The molecule has 1 aliphatic heterocycles. The Labute approximate surface area is 189 Å². The van der Waals surface area contributed by atoms with Crippen molar-refractivity contribution in [2.24, 2.45) is 0 Å².